The summed E-state index contributed by atoms with van der Waals surface area (Å²) < 4.78 is 13.1. The first-order chi connectivity index (χ1) is 15.1. The van der Waals surface area contributed by atoms with E-state index in [0.717, 1.165) is 48.4 Å². The second-order valence-corrected chi connectivity index (χ2v) is 8.49. The lowest BCUT2D eigenvalue weighted by molar-refractivity contribution is -0.139. The molecule has 2 heterocycles. The van der Waals surface area contributed by atoms with Crippen LogP contribution in [0.15, 0.2) is 40.7 Å². The highest BCUT2D eigenvalue weighted by Crippen LogP contribution is 2.37. The van der Waals surface area contributed by atoms with Gasteiger partial charge in [-0.1, -0.05) is 50.6 Å². The quantitative estimate of drug-likeness (QED) is 0.290. The van der Waals surface area contributed by atoms with Gasteiger partial charge < -0.3 is 14.8 Å². The van der Waals surface area contributed by atoms with E-state index in [9.17, 15) is 4.79 Å². The van der Waals surface area contributed by atoms with Crippen LogP contribution in [0.1, 0.15) is 65.0 Å². The fourth-order valence-corrected chi connectivity index (χ4v) is 4.30. The van der Waals surface area contributed by atoms with Gasteiger partial charge in [0.05, 0.1) is 18.8 Å². The molecule has 0 fully saturated rings. The Labute approximate surface area is 188 Å². The molecule has 1 aliphatic heterocycles. The Morgan fingerprint density at radius 3 is 2.77 bits per heavy atom. The summed E-state index contributed by atoms with van der Waals surface area (Å²) in [4.78, 5) is 17.6. The first-order valence-electron chi connectivity index (χ1n) is 11.1. The van der Waals surface area contributed by atoms with E-state index < -0.39 is 6.04 Å². The lowest BCUT2D eigenvalue weighted by Crippen LogP contribution is -2.29. The molecular weight excluding hydrogens is 412 g/mol. The van der Waals surface area contributed by atoms with E-state index in [-0.39, 0.29) is 5.97 Å². The van der Waals surface area contributed by atoms with Crippen molar-refractivity contribution in [1.82, 2.24) is 14.8 Å². The molecule has 1 aromatic heterocycles. The topological polar surface area (TPSA) is 78.3 Å². The predicted octanol–water partition coefficient (Wildman–Crippen LogP) is 5.20. The van der Waals surface area contributed by atoms with Crippen molar-refractivity contribution in [2.75, 3.05) is 24.3 Å². The van der Waals surface area contributed by atoms with Crippen LogP contribution in [0.5, 0.6) is 5.75 Å². The zero-order valence-corrected chi connectivity index (χ0v) is 19.6. The van der Waals surface area contributed by atoms with Crippen molar-refractivity contribution in [3.63, 3.8) is 0 Å². The number of benzene rings is 1. The highest BCUT2D eigenvalue weighted by Gasteiger charge is 2.35. The number of nitrogens with one attached hydrogen (secondary N) is 1. The number of ether oxygens (including phenoxy) is 2. The minimum Gasteiger partial charge on any atom is -0.494 e. The smallest absolute Gasteiger partial charge is 0.338 e. The summed E-state index contributed by atoms with van der Waals surface area (Å²) >= 11 is 1.63. The lowest BCUT2D eigenvalue weighted by Gasteiger charge is -2.28. The van der Waals surface area contributed by atoms with E-state index in [0.29, 0.717) is 29.9 Å². The number of rotatable bonds is 11. The molecule has 168 valence electrons. The van der Waals surface area contributed by atoms with Crippen molar-refractivity contribution < 1.29 is 14.3 Å². The SMILES string of the molecule is CCCCOc1cccc(C2C(C(=O)OCC)=C(C)Nc3nc(SCCCC)nn32)c1. The normalized spacial score (nSPS) is 15.4. The van der Waals surface area contributed by atoms with Gasteiger partial charge in [-0.3, -0.25) is 0 Å². The molecule has 1 aromatic carbocycles. The van der Waals surface area contributed by atoms with Gasteiger partial charge in [0, 0.05) is 11.4 Å². The van der Waals surface area contributed by atoms with Gasteiger partial charge in [-0.25, -0.2) is 9.48 Å². The van der Waals surface area contributed by atoms with Crippen LogP contribution in [0.2, 0.25) is 0 Å². The van der Waals surface area contributed by atoms with Gasteiger partial charge in [0.25, 0.3) is 0 Å². The Morgan fingerprint density at radius 2 is 2.03 bits per heavy atom. The fourth-order valence-electron chi connectivity index (χ4n) is 3.39. The number of fused-ring (bicyclic) bond motifs is 1. The Bertz CT molecular complexity index is 925. The molecular formula is C23H32N4O3S. The predicted molar refractivity (Wildman–Crippen MR) is 124 cm³/mol. The minimum atomic E-state index is -0.432. The maximum atomic E-state index is 12.9. The largest absolute Gasteiger partial charge is 0.494 e. The number of carbonyl (C=O) groups excluding carboxylic acids is 1. The molecule has 31 heavy (non-hydrogen) atoms. The number of hydrogen-bond acceptors (Lipinski definition) is 7. The maximum absolute atomic E-state index is 12.9. The zero-order valence-electron chi connectivity index (χ0n) is 18.8. The molecule has 0 saturated heterocycles. The molecule has 1 unspecified atom stereocenters. The molecule has 8 heteroatoms. The van der Waals surface area contributed by atoms with Crippen LogP contribution in [-0.4, -0.2) is 39.7 Å². The van der Waals surface area contributed by atoms with Crippen molar-refractivity contribution in [3.8, 4) is 5.75 Å². The van der Waals surface area contributed by atoms with Crippen LogP contribution in [0, 0.1) is 0 Å². The summed E-state index contributed by atoms with van der Waals surface area (Å²) in [6.07, 6.45) is 4.30. The number of aromatic nitrogens is 3. The summed E-state index contributed by atoms with van der Waals surface area (Å²) in [5, 5.41) is 8.68. The Kier molecular flexibility index (Phi) is 8.40. The van der Waals surface area contributed by atoms with Gasteiger partial charge in [0.2, 0.25) is 11.1 Å². The van der Waals surface area contributed by atoms with E-state index >= 15 is 0 Å². The standard InChI is InChI=1S/C23H32N4O3S/c1-5-8-13-30-18-12-10-11-17(15-18)20-19(21(28)29-7-3)16(4)24-22-25-23(26-27(20)22)31-14-9-6-2/h10-12,15,20H,5-9,13-14H2,1-4H3,(H,24,25,26). The van der Waals surface area contributed by atoms with Gasteiger partial charge in [0.1, 0.15) is 11.8 Å². The van der Waals surface area contributed by atoms with Crippen LogP contribution in [0.4, 0.5) is 5.95 Å². The third-order valence-electron chi connectivity index (χ3n) is 5.00. The summed E-state index contributed by atoms with van der Waals surface area (Å²) in [6.45, 7) is 8.96. The van der Waals surface area contributed by atoms with Crippen molar-refractivity contribution in [3.05, 3.63) is 41.1 Å². The molecule has 0 spiro atoms. The number of esters is 1. The Morgan fingerprint density at radius 1 is 1.23 bits per heavy atom. The number of nitrogens with zero attached hydrogens (tertiary/aromatic N) is 3. The van der Waals surface area contributed by atoms with Gasteiger partial charge >= 0.3 is 5.97 Å². The maximum Gasteiger partial charge on any atom is 0.338 e. The molecule has 0 saturated carbocycles. The number of carbonyl (C=O) groups is 1. The molecule has 0 bridgehead atoms. The lowest BCUT2D eigenvalue weighted by atomic mass is 9.95. The Balaban J connectivity index is 1.99. The van der Waals surface area contributed by atoms with Crippen molar-refractivity contribution in [2.45, 2.75) is 64.6 Å². The van der Waals surface area contributed by atoms with Crippen molar-refractivity contribution in [2.24, 2.45) is 0 Å². The first kappa shape index (κ1) is 23.2. The molecule has 1 N–H and O–H groups in total. The van der Waals surface area contributed by atoms with Crippen molar-refractivity contribution >= 4 is 23.7 Å². The van der Waals surface area contributed by atoms with Crippen LogP contribution in [0.25, 0.3) is 0 Å². The summed E-state index contributed by atoms with van der Waals surface area (Å²) in [6, 6.07) is 7.43. The van der Waals surface area contributed by atoms with Gasteiger partial charge in [-0.15, -0.1) is 5.10 Å². The van der Waals surface area contributed by atoms with Crippen LogP contribution < -0.4 is 10.1 Å². The molecule has 0 amide bonds. The van der Waals surface area contributed by atoms with E-state index in [1.165, 1.54) is 0 Å². The Hall–Kier alpha value is -2.48. The third kappa shape index (κ3) is 5.61. The highest BCUT2D eigenvalue weighted by atomic mass is 32.2. The second-order valence-electron chi connectivity index (χ2n) is 7.43. The summed E-state index contributed by atoms with van der Waals surface area (Å²) in [7, 11) is 0. The molecule has 1 aliphatic rings. The summed E-state index contributed by atoms with van der Waals surface area (Å²) in [5.41, 5.74) is 2.18. The van der Waals surface area contributed by atoms with Crippen LogP contribution in [0.3, 0.4) is 0 Å². The average Bonchev–Trinajstić information content (AvgIpc) is 3.15. The molecule has 3 rings (SSSR count). The number of hydrogen-bond donors (Lipinski definition) is 1. The molecule has 2 aromatic rings. The fraction of sp³-hybridized carbons (Fsp3) is 0.522. The molecule has 7 nitrogen and oxygen atoms in total. The van der Waals surface area contributed by atoms with E-state index in [2.05, 4.69) is 24.1 Å². The van der Waals surface area contributed by atoms with E-state index in [4.69, 9.17) is 14.6 Å². The molecule has 0 radical (unpaired) electrons. The number of allylic oxidation sites excluding steroid dienone is 1. The number of thioether (sulfide) groups is 1. The first-order valence-corrected chi connectivity index (χ1v) is 12.0. The van der Waals surface area contributed by atoms with Gasteiger partial charge in [-0.2, -0.15) is 4.98 Å². The van der Waals surface area contributed by atoms with Crippen LogP contribution in [-0.2, 0) is 9.53 Å². The number of unbranched alkanes of at least 4 members (excludes halogenated alkanes) is 2. The second kappa shape index (κ2) is 11.2. The zero-order chi connectivity index (χ0) is 22.2. The van der Waals surface area contributed by atoms with Crippen LogP contribution >= 0.6 is 11.8 Å². The molecule has 0 aliphatic carbocycles. The van der Waals surface area contributed by atoms with Gasteiger partial charge in [0.15, 0.2) is 0 Å². The highest BCUT2D eigenvalue weighted by molar-refractivity contribution is 7.99. The minimum absolute atomic E-state index is 0.310. The molecule has 1 atom stereocenters. The summed E-state index contributed by atoms with van der Waals surface area (Å²) in [5.74, 6) is 2.02. The van der Waals surface area contributed by atoms with Crippen molar-refractivity contribution in [1.29, 1.82) is 0 Å². The van der Waals surface area contributed by atoms with E-state index in [1.807, 2.05) is 38.1 Å². The monoisotopic (exact) mass is 444 g/mol. The third-order valence-corrected chi connectivity index (χ3v) is 5.92. The average molecular weight is 445 g/mol. The van der Waals surface area contributed by atoms with Gasteiger partial charge in [-0.05, 0) is 44.4 Å². The number of anilines is 1. The van der Waals surface area contributed by atoms with E-state index in [1.54, 1.807) is 16.4 Å².